The van der Waals surface area contributed by atoms with Crippen LogP contribution in [0.5, 0.6) is 0 Å². The molecule has 0 amide bonds. The lowest BCUT2D eigenvalue weighted by Gasteiger charge is -2.34. The molecule has 2 aromatic rings. The van der Waals surface area contributed by atoms with Gasteiger partial charge in [0.15, 0.2) is 5.11 Å². The molecule has 1 aliphatic rings. The van der Waals surface area contributed by atoms with Gasteiger partial charge in [-0.1, -0.05) is 30.3 Å². The van der Waals surface area contributed by atoms with Crippen LogP contribution >= 0.6 is 12.2 Å². The maximum atomic E-state index is 11.3. The number of sulfonamides is 1. The minimum atomic E-state index is -3.67. The van der Waals surface area contributed by atoms with E-state index in [2.05, 4.69) is 34.5 Å². The SMILES string of the molecule is NS(=O)(=O)c1ccc(NC(=S)N2CC[NH+](Cc3ccccc3)CC2)cc1. The highest BCUT2D eigenvalue weighted by molar-refractivity contribution is 7.89. The number of thiocarbonyl (C=S) groups is 1. The Morgan fingerprint density at radius 2 is 1.69 bits per heavy atom. The molecule has 0 aliphatic carbocycles. The second kappa shape index (κ2) is 8.13. The fourth-order valence-corrected chi connectivity index (χ4v) is 3.83. The molecule has 0 aromatic heterocycles. The van der Waals surface area contributed by atoms with E-state index in [1.165, 1.54) is 17.7 Å². The molecule has 1 fully saturated rings. The third-order valence-corrected chi connectivity index (χ3v) is 5.78. The van der Waals surface area contributed by atoms with Crippen molar-refractivity contribution in [1.29, 1.82) is 0 Å². The molecule has 0 atom stereocenters. The van der Waals surface area contributed by atoms with Gasteiger partial charge < -0.3 is 15.1 Å². The van der Waals surface area contributed by atoms with Gasteiger partial charge in [0.1, 0.15) is 6.54 Å². The lowest BCUT2D eigenvalue weighted by Crippen LogP contribution is -3.13. The largest absolute Gasteiger partial charge is 0.338 e. The summed E-state index contributed by atoms with van der Waals surface area (Å²) in [6.45, 7) is 4.87. The molecule has 0 unspecified atom stereocenters. The first-order valence-electron chi connectivity index (χ1n) is 8.48. The van der Waals surface area contributed by atoms with Crippen LogP contribution in [0.4, 0.5) is 5.69 Å². The number of nitrogens with one attached hydrogen (secondary N) is 2. The average molecular weight is 392 g/mol. The second-order valence-electron chi connectivity index (χ2n) is 6.40. The van der Waals surface area contributed by atoms with Crippen molar-refractivity contribution in [2.45, 2.75) is 11.4 Å². The van der Waals surface area contributed by atoms with Crippen molar-refractivity contribution in [3.63, 3.8) is 0 Å². The van der Waals surface area contributed by atoms with Gasteiger partial charge in [-0.05, 0) is 36.5 Å². The molecule has 3 rings (SSSR count). The summed E-state index contributed by atoms with van der Waals surface area (Å²) in [4.78, 5) is 3.79. The Hall–Kier alpha value is -2.00. The first kappa shape index (κ1) is 18.8. The fourth-order valence-electron chi connectivity index (χ4n) is 3.02. The van der Waals surface area contributed by atoms with E-state index >= 15 is 0 Å². The van der Waals surface area contributed by atoms with E-state index in [0.717, 1.165) is 38.4 Å². The Kier molecular flexibility index (Phi) is 5.87. The minimum Gasteiger partial charge on any atom is -0.338 e. The van der Waals surface area contributed by atoms with Crippen LogP contribution in [0.3, 0.4) is 0 Å². The van der Waals surface area contributed by atoms with Gasteiger partial charge in [0.2, 0.25) is 10.0 Å². The summed E-state index contributed by atoms with van der Waals surface area (Å²) in [5, 5.41) is 8.94. The van der Waals surface area contributed by atoms with Gasteiger partial charge in [-0.25, -0.2) is 13.6 Å². The summed E-state index contributed by atoms with van der Waals surface area (Å²) >= 11 is 5.49. The van der Waals surface area contributed by atoms with E-state index in [9.17, 15) is 8.42 Å². The number of primary sulfonamides is 1. The average Bonchev–Trinajstić information content (AvgIpc) is 2.63. The monoisotopic (exact) mass is 391 g/mol. The van der Waals surface area contributed by atoms with Crippen LogP contribution in [0.2, 0.25) is 0 Å². The summed E-state index contributed by atoms with van der Waals surface area (Å²) in [6, 6.07) is 16.8. The van der Waals surface area contributed by atoms with Crippen molar-refractivity contribution in [2.75, 3.05) is 31.5 Å². The van der Waals surface area contributed by atoms with Gasteiger partial charge in [-0.15, -0.1) is 0 Å². The predicted octanol–water partition coefficient (Wildman–Crippen LogP) is 0.432. The number of quaternary nitrogens is 1. The van der Waals surface area contributed by atoms with Crippen molar-refractivity contribution in [1.82, 2.24) is 4.90 Å². The van der Waals surface area contributed by atoms with E-state index in [4.69, 9.17) is 17.4 Å². The molecular formula is C18H23N4O2S2+. The van der Waals surface area contributed by atoms with Crippen molar-refractivity contribution in [3.05, 3.63) is 60.2 Å². The molecule has 1 saturated heterocycles. The summed E-state index contributed by atoms with van der Waals surface area (Å²) in [5.74, 6) is 0. The van der Waals surface area contributed by atoms with Gasteiger partial charge in [0.25, 0.3) is 0 Å². The number of hydrogen-bond donors (Lipinski definition) is 3. The van der Waals surface area contributed by atoms with Crippen molar-refractivity contribution >= 4 is 33.0 Å². The van der Waals surface area contributed by atoms with Crippen LogP contribution in [0, 0.1) is 0 Å². The zero-order valence-electron chi connectivity index (χ0n) is 14.4. The second-order valence-corrected chi connectivity index (χ2v) is 8.35. The molecule has 6 nitrogen and oxygen atoms in total. The third kappa shape index (κ3) is 5.01. The smallest absolute Gasteiger partial charge is 0.238 e. The van der Waals surface area contributed by atoms with Crippen LogP contribution in [0.25, 0.3) is 0 Å². The summed E-state index contributed by atoms with van der Waals surface area (Å²) in [6.07, 6.45) is 0. The molecule has 4 N–H and O–H groups in total. The molecule has 1 aliphatic heterocycles. The Balaban J connectivity index is 1.50. The maximum Gasteiger partial charge on any atom is 0.238 e. The van der Waals surface area contributed by atoms with E-state index in [1.807, 2.05) is 6.07 Å². The highest BCUT2D eigenvalue weighted by atomic mass is 32.2. The number of nitrogens with zero attached hydrogens (tertiary/aromatic N) is 1. The predicted molar refractivity (Wildman–Crippen MR) is 106 cm³/mol. The van der Waals surface area contributed by atoms with Gasteiger partial charge >= 0.3 is 0 Å². The minimum absolute atomic E-state index is 0.0899. The molecule has 0 spiro atoms. The molecule has 0 radical (unpaired) electrons. The topological polar surface area (TPSA) is 79.9 Å². The highest BCUT2D eigenvalue weighted by Crippen LogP contribution is 2.13. The Bertz CT molecular complexity index is 847. The molecule has 2 aromatic carbocycles. The highest BCUT2D eigenvalue weighted by Gasteiger charge is 2.21. The number of benzene rings is 2. The third-order valence-electron chi connectivity index (χ3n) is 4.49. The fraction of sp³-hybridized carbons (Fsp3) is 0.278. The molecule has 1 heterocycles. The molecule has 0 bridgehead atoms. The van der Waals surface area contributed by atoms with Crippen molar-refractivity contribution in [2.24, 2.45) is 5.14 Å². The van der Waals surface area contributed by atoms with Crippen LogP contribution in [-0.4, -0.2) is 44.6 Å². The van der Waals surface area contributed by atoms with E-state index in [0.29, 0.717) is 5.11 Å². The van der Waals surface area contributed by atoms with Crippen molar-refractivity contribution in [3.8, 4) is 0 Å². The van der Waals surface area contributed by atoms with Gasteiger partial charge in [-0.2, -0.15) is 0 Å². The maximum absolute atomic E-state index is 11.3. The van der Waals surface area contributed by atoms with E-state index < -0.39 is 10.0 Å². The Morgan fingerprint density at radius 1 is 1.08 bits per heavy atom. The number of nitrogens with two attached hydrogens (primary N) is 1. The first-order valence-corrected chi connectivity index (χ1v) is 10.4. The number of anilines is 1. The quantitative estimate of drug-likeness (QED) is 0.659. The van der Waals surface area contributed by atoms with Gasteiger partial charge in [-0.3, -0.25) is 0 Å². The lowest BCUT2D eigenvalue weighted by molar-refractivity contribution is -0.917. The normalized spacial score (nSPS) is 15.7. The zero-order chi connectivity index (χ0) is 18.6. The zero-order valence-corrected chi connectivity index (χ0v) is 16.0. The standard InChI is InChI=1S/C18H22N4O2S2/c19-26(23,24)17-8-6-16(7-9-17)20-18(25)22-12-10-21(11-13-22)14-15-4-2-1-3-5-15/h1-9H,10-14H2,(H,20,25)(H2,19,23,24)/p+1. The molecule has 8 heteroatoms. The molecule has 138 valence electrons. The Morgan fingerprint density at radius 3 is 2.27 bits per heavy atom. The summed E-state index contributed by atoms with van der Waals surface area (Å²) < 4.78 is 22.6. The molecule has 26 heavy (non-hydrogen) atoms. The van der Waals surface area contributed by atoms with Crippen molar-refractivity contribution < 1.29 is 13.3 Å². The first-order chi connectivity index (χ1) is 12.4. The van der Waals surface area contributed by atoms with Crippen LogP contribution < -0.4 is 15.4 Å². The molecule has 0 saturated carbocycles. The van der Waals surface area contributed by atoms with Gasteiger partial charge in [0.05, 0.1) is 31.1 Å². The van der Waals surface area contributed by atoms with Crippen LogP contribution in [-0.2, 0) is 16.6 Å². The van der Waals surface area contributed by atoms with Crippen LogP contribution in [0.15, 0.2) is 59.5 Å². The van der Waals surface area contributed by atoms with Gasteiger partial charge in [0, 0.05) is 11.3 Å². The molecular weight excluding hydrogens is 368 g/mol. The summed E-state index contributed by atoms with van der Waals surface area (Å²) in [5.41, 5.74) is 2.10. The van der Waals surface area contributed by atoms with E-state index in [1.54, 1.807) is 17.0 Å². The number of rotatable bonds is 4. The summed E-state index contributed by atoms with van der Waals surface area (Å²) in [7, 11) is -3.67. The van der Waals surface area contributed by atoms with E-state index in [-0.39, 0.29) is 4.90 Å². The number of piperazine rings is 1. The lowest BCUT2D eigenvalue weighted by atomic mass is 10.2. The van der Waals surface area contributed by atoms with Crippen LogP contribution in [0.1, 0.15) is 5.56 Å². The Labute approximate surface area is 159 Å². The number of hydrogen-bond acceptors (Lipinski definition) is 3.